The van der Waals surface area contributed by atoms with Gasteiger partial charge in [0.25, 0.3) is 0 Å². The summed E-state index contributed by atoms with van der Waals surface area (Å²) in [7, 11) is 0. The molecule has 0 amide bonds. The summed E-state index contributed by atoms with van der Waals surface area (Å²) in [5.74, 6) is 1.73. The molecule has 0 saturated heterocycles. The first-order valence-corrected chi connectivity index (χ1v) is 7.46. The molecule has 0 bridgehead atoms. The molecule has 4 heteroatoms. The van der Waals surface area contributed by atoms with E-state index >= 15 is 0 Å². The second kappa shape index (κ2) is 6.20. The predicted molar refractivity (Wildman–Crippen MR) is 87.5 cm³/mol. The van der Waals surface area contributed by atoms with E-state index < -0.39 is 0 Å². The zero-order valence-corrected chi connectivity index (χ0v) is 13.6. The van der Waals surface area contributed by atoms with Gasteiger partial charge in [-0.3, -0.25) is 4.98 Å². The molecule has 0 fully saturated rings. The number of nitrogens with zero attached hydrogens (tertiary/aromatic N) is 3. The van der Waals surface area contributed by atoms with Gasteiger partial charge in [0, 0.05) is 36.0 Å². The Balaban J connectivity index is 2.52. The van der Waals surface area contributed by atoms with Crippen LogP contribution in [-0.2, 0) is 5.41 Å². The van der Waals surface area contributed by atoms with Crippen LogP contribution in [0.25, 0.3) is 11.3 Å². The van der Waals surface area contributed by atoms with E-state index in [1.165, 1.54) is 5.56 Å². The van der Waals surface area contributed by atoms with Crippen molar-refractivity contribution in [2.45, 2.75) is 46.5 Å². The molecule has 21 heavy (non-hydrogen) atoms. The zero-order valence-electron chi connectivity index (χ0n) is 13.6. The smallest absolute Gasteiger partial charge is 0.136 e. The first-order chi connectivity index (χ1) is 9.91. The van der Waals surface area contributed by atoms with Crippen LogP contribution in [0.3, 0.4) is 0 Å². The molecule has 0 aromatic carbocycles. The van der Waals surface area contributed by atoms with Crippen molar-refractivity contribution in [1.82, 2.24) is 15.0 Å². The molecule has 0 aliphatic carbocycles. The Morgan fingerprint density at radius 1 is 1.19 bits per heavy atom. The number of hydrogen-bond acceptors (Lipinski definition) is 4. The fourth-order valence-corrected chi connectivity index (χ4v) is 2.00. The first kappa shape index (κ1) is 15.4. The van der Waals surface area contributed by atoms with Crippen LogP contribution in [0, 0.1) is 6.92 Å². The van der Waals surface area contributed by atoms with Crippen LogP contribution in [0.2, 0.25) is 0 Å². The van der Waals surface area contributed by atoms with Crippen molar-refractivity contribution in [2.75, 3.05) is 11.9 Å². The third-order valence-corrected chi connectivity index (χ3v) is 3.27. The molecule has 1 N–H and O–H groups in total. The van der Waals surface area contributed by atoms with Gasteiger partial charge in [-0.15, -0.1) is 0 Å². The average Bonchev–Trinajstić information content (AvgIpc) is 2.44. The highest BCUT2D eigenvalue weighted by molar-refractivity contribution is 5.65. The predicted octanol–water partition coefficient (Wildman–Crippen LogP) is 3.97. The van der Waals surface area contributed by atoms with Crippen LogP contribution in [0.1, 0.15) is 45.5 Å². The Morgan fingerprint density at radius 2 is 1.95 bits per heavy atom. The van der Waals surface area contributed by atoms with E-state index in [9.17, 15) is 0 Å². The normalized spacial score (nSPS) is 11.5. The topological polar surface area (TPSA) is 50.7 Å². The van der Waals surface area contributed by atoms with E-state index in [2.05, 4.69) is 49.9 Å². The summed E-state index contributed by atoms with van der Waals surface area (Å²) in [6.45, 7) is 11.5. The van der Waals surface area contributed by atoms with Gasteiger partial charge in [0.15, 0.2) is 0 Å². The van der Waals surface area contributed by atoms with Gasteiger partial charge in [-0.25, -0.2) is 9.97 Å². The van der Waals surface area contributed by atoms with Gasteiger partial charge in [-0.1, -0.05) is 27.7 Å². The zero-order chi connectivity index (χ0) is 15.5. The molecule has 2 aromatic heterocycles. The van der Waals surface area contributed by atoms with Crippen LogP contribution >= 0.6 is 0 Å². The molecule has 2 rings (SSSR count). The van der Waals surface area contributed by atoms with Gasteiger partial charge < -0.3 is 5.32 Å². The standard InChI is InChI=1S/C17H24N4/c1-6-8-19-15-10-14(13-11-18-9-7-12(13)2)20-16(21-15)17(3,4)5/h7,9-11H,6,8H2,1-5H3,(H,19,20,21). The number of aromatic nitrogens is 3. The van der Waals surface area contributed by atoms with Crippen molar-refractivity contribution in [2.24, 2.45) is 0 Å². The van der Waals surface area contributed by atoms with Crippen LogP contribution < -0.4 is 5.32 Å². The maximum Gasteiger partial charge on any atom is 0.136 e. The summed E-state index contributed by atoms with van der Waals surface area (Å²) in [4.78, 5) is 13.6. The molecule has 0 radical (unpaired) electrons. The van der Waals surface area contributed by atoms with Gasteiger partial charge in [-0.05, 0) is 25.0 Å². The maximum atomic E-state index is 4.75. The van der Waals surface area contributed by atoms with E-state index in [0.29, 0.717) is 0 Å². The molecule has 0 aliphatic rings. The van der Waals surface area contributed by atoms with Gasteiger partial charge in [0.05, 0.1) is 5.69 Å². The Morgan fingerprint density at radius 3 is 2.57 bits per heavy atom. The highest BCUT2D eigenvalue weighted by atomic mass is 15.0. The molecule has 0 unspecified atom stereocenters. The lowest BCUT2D eigenvalue weighted by molar-refractivity contribution is 0.546. The highest BCUT2D eigenvalue weighted by Crippen LogP contribution is 2.26. The van der Waals surface area contributed by atoms with E-state index in [4.69, 9.17) is 4.98 Å². The lowest BCUT2D eigenvalue weighted by Gasteiger charge is -2.19. The summed E-state index contributed by atoms with van der Waals surface area (Å²) in [5.41, 5.74) is 3.07. The molecule has 0 saturated carbocycles. The highest BCUT2D eigenvalue weighted by Gasteiger charge is 2.20. The number of anilines is 1. The lowest BCUT2D eigenvalue weighted by atomic mass is 9.95. The van der Waals surface area contributed by atoms with Crippen molar-refractivity contribution in [3.8, 4) is 11.3 Å². The Hall–Kier alpha value is -1.97. The second-order valence-corrected chi connectivity index (χ2v) is 6.33. The molecule has 112 valence electrons. The first-order valence-electron chi connectivity index (χ1n) is 7.46. The molecule has 2 heterocycles. The van der Waals surface area contributed by atoms with Crippen LogP contribution in [0.4, 0.5) is 5.82 Å². The molecule has 2 aromatic rings. The number of aryl methyl sites for hydroxylation is 1. The quantitative estimate of drug-likeness (QED) is 0.923. The molecule has 0 spiro atoms. The Bertz CT molecular complexity index is 614. The molecule has 0 aliphatic heterocycles. The van der Waals surface area contributed by atoms with Crippen molar-refractivity contribution < 1.29 is 0 Å². The third-order valence-electron chi connectivity index (χ3n) is 3.27. The van der Waals surface area contributed by atoms with Gasteiger partial charge >= 0.3 is 0 Å². The summed E-state index contributed by atoms with van der Waals surface area (Å²) in [6, 6.07) is 4.02. The molecular formula is C17H24N4. The summed E-state index contributed by atoms with van der Waals surface area (Å²) in [6.07, 6.45) is 4.74. The molecular weight excluding hydrogens is 260 g/mol. The second-order valence-electron chi connectivity index (χ2n) is 6.33. The van der Waals surface area contributed by atoms with Crippen molar-refractivity contribution in [1.29, 1.82) is 0 Å². The van der Waals surface area contributed by atoms with E-state index in [0.717, 1.165) is 35.9 Å². The number of rotatable bonds is 4. The molecule has 0 atom stereocenters. The fourth-order valence-electron chi connectivity index (χ4n) is 2.00. The minimum atomic E-state index is -0.0885. The van der Waals surface area contributed by atoms with Gasteiger partial charge in [0.2, 0.25) is 0 Å². The van der Waals surface area contributed by atoms with Gasteiger partial charge in [0.1, 0.15) is 11.6 Å². The van der Waals surface area contributed by atoms with Crippen molar-refractivity contribution >= 4 is 5.82 Å². The fraction of sp³-hybridized carbons (Fsp3) is 0.471. The monoisotopic (exact) mass is 284 g/mol. The molecule has 4 nitrogen and oxygen atoms in total. The minimum Gasteiger partial charge on any atom is -0.370 e. The third kappa shape index (κ3) is 3.78. The summed E-state index contributed by atoms with van der Waals surface area (Å²) < 4.78 is 0. The van der Waals surface area contributed by atoms with E-state index in [1.54, 1.807) is 6.20 Å². The summed E-state index contributed by atoms with van der Waals surface area (Å²) in [5, 5.41) is 3.36. The Labute approximate surface area is 127 Å². The van der Waals surface area contributed by atoms with E-state index in [-0.39, 0.29) is 5.41 Å². The van der Waals surface area contributed by atoms with Crippen molar-refractivity contribution in [3.63, 3.8) is 0 Å². The largest absolute Gasteiger partial charge is 0.370 e. The maximum absolute atomic E-state index is 4.75. The minimum absolute atomic E-state index is 0.0885. The van der Waals surface area contributed by atoms with Crippen LogP contribution in [-0.4, -0.2) is 21.5 Å². The number of hydrogen-bond donors (Lipinski definition) is 1. The number of pyridine rings is 1. The average molecular weight is 284 g/mol. The Kier molecular flexibility index (Phi) is 4.56. The summed E-state index contributed by atoms with van der Waals surface area (Å²) >= 11 is 0. The van der Waals surface area contributed by atoms with Gasteiger partial charge in [-0.2, -0.15) is 0 Å². The number of nitrogens with one attached hydrogen (secondary N) is 1. The SMILES string of the molecule is CCCNc1cc(-c2cnccc2C)nc(C(C)(C)C)n1. The van der Waals surface area contributed by atoms with E-state index in [1.807, 2.05) is 18.3 Å². The van der Waals surface area contributed by atoms with Crippen LogP contribution in [0.5, 0.6) is 0 Å². The van der Waals surface area contributed by atoms with Crippen molar-refractivity contribution in [3.05, 3.63) is 35.9 Å². The van der Waals surface area contributed by atoms with Crippen LogP contribution in [0.15, 0.2) is 24.5 Å². The lowest BCUT2D eigenvalue weighted by Crippen LogP contribution is -2.18.